The van der Waals surface area contributed by atoms with E-state index in [-0.39, 0.29) is 24.2 Å². The van der Waals surface area contributed by atoms with Crippen molar-refractivity contribution in [3.05, 3.63) is 47.1 Å². The molecule has 0 radical (unpaired) electrons. The van der Waals surface area contributed by atoms with Crippen LogP contribution in [0.3, 0.4) is 0 Å². The molecule has 5 nitrogen and oxygen atoms in total. The molecule has 226 valence electrons. The lowest BCUT2D eigenvalue weighted by molar-refractivity contribution is -0.343. The van der Waals surface area contributed by atoms with Gasteiger partial charge in [0.25, 0.3) is 0 Å². The number of fused-ring (bicyclic) bond motifs is 1. The first-order valence-electron chi connectivity index (χ1n) is 13.4. The Morgan fingerprint density at radius 1 is 1.12 bits per heavy atom. The Hall–Kier alpha value is -3.00. The van der Waals surface area contributed by atoms with Crippen molar-refractivity contribution in [3.63, 3.8) is 0 Å². The number of allylic oxidation sites excluding steroid dienone is 5. The lowest BCUT2D eigenvalue weighted by Crippen LogP contribution is -2.55. The summed E-state index contributed by atoms with van der Waals surface area (Å²) in [7, 11) is 0. The number of hydrogen-bond acceptors (Lipinski definition) is 5. The second kappa shape index (κ2) is 12.1. The molecule has 4 atom stereocenters. The largest absolute Gasteiger partial charge is 0.462 e. The monoisotopic (exact) mass is 588 g/mol. The average molecular weight is 589 g/mol. The van der Waals surface area contributed by atoms with Crippen LogP contribution < -0.4 is 0 Å². The lowest BCUT2D eigenvalue weighted by atomic mass is 9.63. The number of ether oxygens (including phenoxy) is 2. The van der Waals surface area contributed by atoms with E-state index in [1.807, 2.05) is 31.1 Å². The zero-order chi connectivity index (χ0) is 30.8. The Bertz CT molecular complexity index is 1200. The molecule has 3 rings (SSSR count). The Kier molecular flexibility index (Phi) is 9.58. The third-order valence-corrected chi connectivity index (χ3v) is 8.19. The molecule has 0 bridgehead atoms. The van der Waals surface area contributed by atoms with E-state index in [1.54, 1.807) is 0 Å². The van der Waals surface area contributed by atoms with Crippen molar-refractivity contribution in [1.82, 2.24) is 0 Å². The summed E-state index contributed by atoms with van der Waals surface area (Å²) in [5, 5.41) is 9.25. The van der Waals surface area contributed by atoms with E-state index in [4.69, 9.17) is 9.47 Å². The molecule has 0 aromatic heterocycles. The number of esters is 2. The van der Waals surface area contributed by atoms with Gasteiger partial charge in [-0.2, -0.15) is 26.3 Å². The van der Waals surface area contributed by atoms with Gasteiger partial charge in [-0.3, -0.25) is 9.59 Å². The average Bonchev–Trinajstić information content (AvgIpc) is 3.17. The van der Waals surface area contributed by atoms with Crippen molar-refractivity contribution in [2.45, 2.75) is 102 Å². The van der Waals surface area contributed by atoms with Gasteiger partial charge < -0.3 is 14.6 Å². The number of aliphatic hydroxyl groups is 1. The molecule has 0 aliphatic heterocycles. The Morgan fingerprint density at radius 3 is 2.34 bits per heavy atom. The highest BCUT2D eigenvalue weighted by Crippen LogP contribution is 2.55. The van der Waals surface area contributed by atoms with E-state index in [9.17, 15) is 41.0 Å². The molecule has 0 spiro atoms. The molecule has 2 fully saturated rings. The van der Waals surface area contributed by atoms with Crippen LogP contribution in [-0.4, -0.2) is 47.2 Å². The Labute approximate surface area is 235 Å². The maximum absolute atomic E-state index is 12.9. The van der Waals surface area contributed by atoms with Crippen LogP contribution in [-0.2, 0) is 19.1 Å². The highest BCUT2D eigenvalue weighted by Gasteiger charge is 2.70. The van der Waals surface area contributed by atoms with Gasteiger partial charge in [0.1, 0.15) is 12.2 Å². The summed E-state index contributed by atoms with van der Waals surface area (Å²) in [6, 6.07) is 0. The standard InChI is InChI=1S/C30H34F6O5/c1-18-22(16-24(40-19(2)37)17-26(18)41-20(3)38)11-10-21-8-7-14-27(4)23(12-13-25(21)27)9-5-6-15-28(39,29(31,32)33)30(34,35)36/h10-12,24-26,39H,1,5,7-9,13-14,16-17H2,2-4H3/b21-10+,22-11-/t24-,25?,26+,27-/m1/s1. The van der Waals surface area contributed by atoms with E-state index >= 15 is 0 Å². The van der Waals surface area contributed by atoms with Gasteiger partial charge in [0.15, 0.2) is 0 Å². The molecule has 0 heterocycles. The summed E-state index contributed by atoms with van der Waals surface area (Å²) < 4.78 is 88.1. The number of halogens is 6. The molecule has 3 aliphatic carbocycles. The van der Waals surface area contributed by atoms with Gasteiger partial charge in [-0.25, -0.2) is 0 Å². The highest BCUT2D eigenvalue weighted by molar-refractivity contribution is 5.67. The number of carbonyl (C=O) groups excluding carboxylic acids is 2. The van der Waals surface area contributed by atoms with Gasteiger partial charge in [0.2, 0.25) is 0 Å². The summed E-state index contributed by atoms with van der Waals surface area (Å²) in [5.74, 6) is 2.10. The van der Waals surface area contributed by atoms with Crippen molar-refractivity contribution in [2.75, 3.05) is 0 Å². The topological polar surface area (TPSA) is 72.8 Å². The van der Waals surface area contributed by atoms with Gasteiger partial charge in [-0.1, -0.05) is 48.8 Å². The predicted molar refractivity (Wildman–Crippen MR) is 138 cm³/mol. The SMILES string of the molecule is C=C1/C(=C\C=C2/CCC[C@]3(C)C(CCC#CC(O)(C(F)(F)F)C(F)(F)F)=CCC23)C[C@@H](OC(C)=O)C[C@@H]1OC(C)=O. The number of hydrogen-bond donors (Lipinski definition) is 1. The molecule has 0 aromatic carbocycles. The Morgan fingerprint density at radius 2 is 1.76 bits per heavy atom. The van der Waals surface area contributed by atoms with E-state index < -0.39 is 42.1 Å². The fourth-order valence-corrected chi connectivity index (χ4v) is 6.06. The van der Waals surface area contributed by atoms with Crippen molar-refractivity contribution >= 4 is 11.9 Å². The van der Waals surface area contributed by atoms with Crippen LogP contribution in [0.4, 0.5) is 26.3 Å². The van der Waals surface area contributed by atoms with Crippen LogP contribution in [0, 0.1) is 23.2 Å². The summed E-state index contributed by atoms with van der Waals surface area (Å²) in [4.78, 5) is 23.1. The number of rotatable bonds is 5. The van der Waals surface area contributed by atoms with Gasteiger partial charge in [0.05, 0.1) is 0 Å². The van der Waals surface area contributed by atoms with Crippen LogP contribution in [0.5, 0.6) is 0 Å². The minimum absolute atomic E-state index is 0.0868. The van der Waals surface area contributed by atoms with E-state index in [0.717, 1.165) is 41.9 Å². The molecule has 41 heavy (non-hydrogen) atoms. The van der Waals surface area contributed by atoms with Crippen LogP contribution >= 0.6 is 0 Å². The molecular formula is C30H34F6O5. The maximum atomic E-state index is 12.9. The maximum Gasteiger partial charge on any atom is 0.438 e. The molecule has 0 saturated heterocycles. The zero-order valence-corrected chi connectivity index (χ0v) is 23.2. The summed E-state index contributed by atoms with van der Waals surface area (Å²) in [6.45, 7) is 8.73. The molecule has 11 heteroatoms. The molecule has 2 saturated carbocycles. The van der Waals surface area contributed by atoms with E-state index in [0.29, 0.717) is 24.8 Å². The third-order valence-electron chi connectivity index (χ3n) is 8.19. The van der Waals surface area contributed by atoms with Gasteiger partial charge in [-0.15, -0.1) is 0 Å². The van der Waals surface area contributed by atoms with Crippen molar-refractivity contribution in [1.29, 1.82) is 0 Å². The first-order chi connectivity index (χ1) is 18.9. The highest BCUT2D eigenvalue weighted by atomic mass is 19.4. The predicted octanol–water partition coefficient (Wildman–Crippen LogP) is 6.83. The van der Waals surface area contributed by atoms with Crippen LogP contribution in [0.25, 0.3) is 0 Å². The minimum Gasteiger partial charge on any atom is -0.462 e. The van der Waals surface area contributed by atoms with Crippen LogP contribution in [0.15, 0.2) is 47.1 Å². The number of carbonyl (C=O) groups is 2. The first-order valence-corrected chi connectivity index (χ1v) is 13.4. The molecule has 3 aliphatic rings. The van der Waals surface area contributed by atoms with E-state index in [1.165, 1.54) is 13.8 Å². The molecule has 0 aromatic rings. The molecule has 1 unspecified atom stereocenters. The fraction of sp³-hybridized carbons (Fsp3) is 0.600. The summed E-state index contributed by atoms with van der Waals surface area (Å²) in [6.07, 6.45) is -3.43. The van der Waals surface area contributed by atoms with Crippen molar-refractivity contribution in [3.8, 4) is 11.8 Å². The smallest absolute Gasteiger partial charge is 0.438 e. The van der Waals surface area contributed by atoms with E-state index in [2.05, 4.69) is 6.58 Å². The summed E-state index contributed by atoms with van der Waals surface area (Å²) in [5.41, 5.74) is -1.93. The summed E-state index contributed by atoms with van der Waals surface area (Å²) >= 11 is 0. The second-order valence-corrected chi connectivity index (χ2v) is 11.0. The molecule has 0 amide bonds. The fourth-order valence-electron chi connectivity index (χ4n) is 6.06. The van der Waals surface area contributed by atoms with Crippen LogP contribution in [0.2, 0.25) is 0 Å². The quantitative estimate of drug-likeness (QED) is 0.165. The lowest BCUT2D eigenvalue weighted by Gasteiger charge is -2.41. The molecule has 1 N–H and O–H groups in total. The zero-order valence-electron chi connectivity index (χ0n) is 23.2. The Balaban J connectivity index is 1.77. The first kappa shape index (κ1) is 32.5. The van der Waals surface area contributed by atoms with Crippen molar-refractivity contribution in [2.24, 2.45) is 11.3 Å². The second-order valence-electron chi connectivity index (χ2n) is 11.0. The van der Waals surface area contributed by atoms with Crippen LogP contribution in [0.1, 0.15) is 72.1 Å². The van der Waals surface area contributed by atoms with Gasteiger partial charge in [0, 0.05) is 33.1 Å². The number of alkyl halides is 6. The molecular weight excluding hydrogens is 554 g/mol. The minimum atomic E-state index is -5.97. The van der Waals surface area contributed by atoms with Crippen molar-refractivity contribution < 1.29 is 50.5 Å². The van der Waals surface area contributed by atoms with Gasteiger partial charge in [-0.05, 0) is 60.5 Å². The normalized spacial score (nSPS) is 29.0. The van der Waals surface area contributed by atoms with Gasteiger partial charge >= 0.3 is 29.9 Å². The third kappa shape index (κ3) is 7.08.